The SMILES string of the molecule is C=CC(=O)Nc1cccc(-n2ccc(=O)c3cnc(Nc4ccc(N5CCN(CCO)CC5)c(F)c4F)nc32)n1. The molecule has 4 heterocycles. The molecular weight excluding hydrogens is 522 g/mol. The minimum atomic E-state index is -1.09. The van der Waals surface area contributed by atoms with Crippen molar-refractivity contribution in [3.8, 4) is 5.82 Å². The predicted octanol–water partition coefficient (Wildman–Crippen LogP) is 2.44. The van der Waals surface area contributed by atoms with Gasteiger partial charge in [-0.3, -0.25) is 19.1 Å². The van der Waals surface area contributed by atoms with Crippen LogP contribution in [-0.4, -0.2) is 74.8 Å². The normalized spacial score (nSPS) is 13.8. The molecule has 0 atom stereocenters. The Hall–Kier alpha value is -4.75. The van der Waals surface area contributed by atoms with Crippen LogP contribution in [0.1, 0.15) is 0 Å². The molecule has 0 saturated carbocycles. The summed E-state index contributed by atoms with van der Waals surface area (Å²) in [5.41, 5.74) is -0.191. The lowest BCUT2D eigenvalue weighted by molar-refractivity contribution is -0.111. The van der Waals surface area contributed by atoms with Crippen molar-refractivity contribution in [2.75, 3.05) is 54.9 Å². The number of halogens is 2. The molecule has 13 heteroatoms. The van der Waals surface area contributed by atoms with Crippen LogP contribution in [0.2, 0.25) is 0 Å². The number of rotatable bonds is 8. The molecule has 1 aliphatic heterocycles. The Morgan fingerprint density at radius 3 is 2.62 bits per heavy atom. The zero-order valence-electron chi connectivity index (χ0n) is 21.3. The first-order chi connectivity index (χ1) is 19.4. The molecule has 1 amide bonds. The average Bonchev–Trinajstić information content (AvgIpc) is 2.96. The average molecular weight is 549 g/mol. The van der Waals surface area contributed by atoms with Crippen LogP contribution in [-0.2, 0) is 4.79 Å². The van der Waals surface area contributed by atoms with Crippen molar-refractivity contribution in [2.45, 2.75) is 0 Å². The van der Waals surface area contributed by atoms with E-state index in [1.807, 2.05) is 0 Å². The van der Waals surface area contributed by atoms with E-state index in [2.05, 4.69) is 37.1 Å². The van der Waals surface area contributed by atoms with E-state index >= 15 is 8.78 Å². The first-order valence-electron chi connectivity index (χ1n) is 12.5. The molecule has 1 saturated heterocycles. The highest BCUT2D eigenvalue weighted by atomic mass is 19.2. The summed E-state index contributed by atoms with van der Waals surface area (Å²) >= 11 is 0. The lowest BCUT2D eigenvalue weighted by Gasteiger charge is -2.36. The Balaban J connectivity index is 1.44. The molecule has 0 bridgehead atoms. The molecule has 11 nitrogen and oxygen atoms in total. The summed E-state index contributed by atoms with van der Waals surface area (Å²) in [5, 5.41) is 14.6. The van der Waals surface area contributed by atoms with E-state index in [9.17, 15) is 9.59 Å². The Kier molecular flexibility index (Phi) is 7.75. The second-order valence-electron chi connectivity index (χ2n) is 8.99. The first-order valence-corrected chi connectivity index (χ1v) is 12.5. The van der Waals surface area contributed by atoms with Crippen LogP contribution in [0.5, 0.6) is 0 Å². The summed E-state index contributed by atoms with van der Waals surface area (Å²) in [6.45, 7) is 6.27. The fourth-order valence-electron chi connectivity index (χ4n) is 4.44. The lowest BCUT2D eigenvalue weighted by Crippen LogP contribution is -2.47. The minimum Gasteiger partial charge on any atom is -0.395 e. The Bertz CT molecular complexity index is 1640. The van der Waals surface area contributed by atoms with Gasteiger partial charge in [-0.05, 0) is 30.3 Å². The lowest BCUT2D eigenvalue weighted by atomic mass is 10.2. The number of aliphatic hydroxyl groups is 1. The van der Waals surface area contributed by atoms with Crippen LogP contribution in [0.25, 0.3) is 16.9 Å². The number of aliphatic hydroxyl groups excluding tert-OH is 1. The quantitative estimate of drug-likeness (QED) is 0.285. The molecule has 0 unspecified atom stereocenters. The molecule has 3 N–H and O–H groups in total. The first kappa shape index (κ1) is 26.8. The summed E-state index contributed by atoms with van der Waals surface area (Å²) in [6, 6.07) is 9.14. The Labute approximate surface area is 227 Å². The maximum atomic E-state index is 15.1. The number of benzene rings is 1. The number of fused-ring (bicyclic) bond motifs is 1. The number of carbonyl (C=O) groups excluding carboxylic acids is 1. The van der Waals surface area contributed by atoms with Gasteiger partial charge in [0.1, 0.15) is 11.6 Å². The number of piperazine rings is 1. The number of amides is 1. The molecule has 3 aromatic heterocycles. The van der Waals surface area contributed by atoms with Crippen LogP contribution in [0.3, 0.4) is 0 Å². The summed E-state index contributed by atoms with van der Waals surface area (Å²) in [5.74, 6) is -1.98. The summed E-state index contributed by atoms with van der Waals surface area (Å²) in [6.07, 6.45) is 3.88. The zero-order chi connectivity index (χ0) is 28.2. The predicted molar refractivity (Wildman–Crippen MR) is 147 cm³/mol. The standard InChI is InChI=1S/C27H26F2N8O3/c1-2-23(40)33-21-4-3-5-22(32-21)37-9-8-20(39)17-16-30-27(34-26(17)37)31-18-6-7-19(25(29)24(18)28)36-12-10-35(11-13-36)14-15-38/h2-9,16,38H,1,10-15H2,(H,30,31,34)(H,32,33,40). The highest BCUT2D eigenvalue weighted by molar-refractivity contribution is 5.98. The molecule has 1 aliphatic rings. The van der Waals surface area contributed by atoms with E-state index < -0.39 is 17.5 Å². The fourth-order valence-corrected chi connectivity index (χ4v) is 4.44. The number of nitrogens with one attached hydrogen (secondary N) is 2. The third-order valence-electron chi connectivity index (χ3n) is 6.49. The maximum absolute atomic E-state index is 15.1. The monoisotopic (exact) mass is 548 g/mol. The number of aromatic nitrogens is 4. The molecule has 5 rings (SSSR count). The highest BCUT2D eigenvalue weighted by Gasteiger charge is 2.23. The van der Waals surface area contributed by atoms with Gasteiger partial charge in [0.2, 0.25) is 11.9 Å². The topological polar surface area (TPSA) is 129 Å². The van der Waals surface area contributed by atoms with E-state index in [0.29, 0.717) is 38.5 Å². The number of anilines is 4. The van der Waals surface area contributed by atoms with E-state index in [-0.39, 0.29) is 46.2 Å². The number of hydrogen-bond donors (Lipinski definition) is 3. The van der Waals surface area contributed by atoms with Gasteiger partial charge in [0, 0.05) is 51.2 Å². The maximum Gasteiger partial charge on any atom is 0.248 e. The van der Waals surface area contributed by atoms with Gasteiger partial charge >= 0.3 is 0 Å². The van der Waals surface area contributed by atoms with E-state index in [4.69, 9.17) is 5.11 Å². The molecule has 0 aliphatic carbocycles. The number of pyridine rings is 2. The second-order valence-corrected chi connectivity index (χ2v) is 8.99. The number of hydrogen-bond acceptors (Lipinski definition) is 9. The van der Waals surface area contributed by atoms with Crippen molar-refractivity contribution < 1.29 is 18.7 Å². The van der Waals surface area contributed by atoms with Crippen molar-refractivity contribution in [1.29, 1.82) is 0 Å². The smallest absolute Gasteiger partial charge is 0.248 e. The van der Waals surface area contributed by atoms with Crippen LogP contribution >= 0.6 is 0 Å². The molecule has 1 aromatic carbocycles. The Morgan fingerprint density at radius 1 is 1.07 bits per heavy atom. The largest absolute Gasteiger partial charge is 0.395 e. The van der Waals surface area contributed by atoms with Gasteiger partial charge in [-0.1, -0.05) is 12.6 Å². The van der Waals surface area contributed by atoms with Crippen molar-refractivity contribution in [3.05, 3.63) is 83.3 Å². The third kappa shape index (κ3) is 5.51. The van der Waals surface area contributed by atoms with Crippen LogP contribution in [0.15, 0.2) is 66.2 Å². The van der Waals surface area contributed by atoms with E-state index in [1.165, 1.54) is 35.2 Å². The van der Waals surface area contributed by atoms with E-state index in [1.54, 1.807) is 23.1 Å². The van der Waals surface area contributed by atoms with Gasteiger partial charge in [-0.15, -0.1) is 0 Å². The van der Waals surface area contributed by atoms with Crippen LogP contribution in [0, 0.1) is 11.6 Å². The van der Waals surface area contributed by atoms with Crippen molar-refractivity contribution in [1.82, 2.24) is 24.4 Å². The van der Waals surface area contributed by atoms with Crippen molar-refractivity contribution >= 4 is 40.1 Å². The molecule has 0 spiro atoms. The van der Waals surface area contributed by atoms with E-state index in [0.717, 1.165) is 6.08 Å². The minimum absolute atomic E-state index is 0.0488. The van der Waals surface area contributed by atoms with Gasteiger partial charge in [-0.25, -0.2) is 18.7 Å². The second kappa shape index (κ2) is 11.6. The molecule has 4 aromatic rings. The molecule has 40 heavy (non-hydrogen) atoms. The van der Waals surface area contributed by atoms with Gasteiger partial charge in [0.25, 0.3) is 0 Å². The van der Waals surface area contributed by atoms with Gasteiger partial charge in [0.05, 0.1) is 23.4 Å². The molecule has 1 fully saturated rings. The number of carbonyl (C=O) groups is 1. The Morgan fingerprint density at radius 2 is 1.88 bits per heavy atom. The third-order valence-corrected chi connectivity index (χ3v) is 6.49. The summed E-state index contributed by atoms with van der Waals surface area (Å²) in [7, 11) is 0. The fraction of sp³-hybridized carbons (Fsp3) is 0.222. The number of nitrogens with zero attached hydrogens (tertiary/aromatic N) is 6. The summed E-state index contributed by atoms with van der Waals surface area (Å²) < 4.78 is 31.7. The van der Waals surface area contributed by atoms with Crippen LogP contribution < -0.4 is 21.0 Å². The van der Waals surface area contributed by atoms with Crippen molar-refractivity contribution in [3.63, 3.8) is 0 Å². The molecular formula is C27H26F2N8O3. The molecule has 0 radical (unpaired) electrons. The molecule has 206 valence electrons. The number of β-amino-alcohol motifs (C(OH)–C–C–N with tert-alkyl or cyclic N) is 1. The van der Waals surface area contributed by atoms with Gasteiger partial charge in [-0.2, -0.15) is 4.98 Å². The van der Waals surface area contributed by atoms with Crippen LogP contribution in [0.4, 0.5) is 31.9 Å². The summed E-state index contributed by atoms with van der Waals surface area (Å²) in [4.78, 5) is 40.9. The van der Waals surface area contributed by atoms with Crippen molar-refractivity contribution in [2.24, 2.45) is 0 Å². The van der Waals surface area contributed by atoms with Gasteiger partial charge < -0.3 is 20.6 Å². The highest BCUT2D eigenvalue weighted by Crippen LogP contribution is 2.29. The zero-order valence-corrected chi connectivity index (χ0v) is 21.3. The van der Waals surface area contributed by atoms with Gasteiger partial charge in [0.15, 0.2) is 22.7 Å².